The lowest BCUT2D eigenvalue weighted by Gasteiger charge is -2.31. The smallest absolute Gasteiger partial charge is 0.0468 e. The van der Waals surface area contributed by atoms with Gasteiger partial charge in [-0.25, -0.2) is 0 Å². The van der Waals surface area contributed by atoms with E-state index in [1.165, 1.54) is 51.4 Å². The molecule has 0 aromatic rings. The van der Waals surface area contributed by atoms with Crippen LogP contribution < -0.4 is 5.32 Å². The van der Waals surface area contributed by atoms with Crippen LogP contribution in [-0.4, -0.2) is 25.8 Å². The highest BCUT2D eigenvalue weighted by atomic mass is 16.5. The lowest BCUT2D eigenvalue weighted by atomic mass is 9.82. The molecule has 1 aliphatic heterocycles. The Hall–Kier alpha value is -0.0800. The molecule has 2 aliphatic rings. The maximum Gasteiger partial charge on any atom is 0.0468 e. The van der Waals surface area contributed by atoms with Crippen molar-refractivity contribution in [2.24, 2.45) is 11.8 Å². The van der Waals surface area contributed by atoms with Crippen molar-refractivity contribution < 1.29 is 4.74 Å². The van der Waals surface area contributed by atoms with E-state index in [4.69, 9.17) is 4.74 Å². The van der Waals surface area contributed by atoms with Gasteiger partial charge in [-0.2, -0.15) is 0 Å². The first-order valence-corrected chi connectivity index (χ1v) is 7.71. The minimum Gasteiger partial charge on any atom is -0.381 e. The summed E-state index contributed by atoms with van der Waals surface area (Å²) in [5, 5.41) is 3.73. The quantitative estimate of drug-likeness (QED) is 0.760. The lowest BCUT2D eigenvalue weighted by molar-refractivity contribution is 0.0556. The van der Waals surface area contributed by atoms with Gasteiger partial charge in [0.1, 0.15) is 0 Å². The average molecular weight is 239 g/mol. The first-order valence-electron chi connectivity index (χ1n) is 7.71. The molecule has 0 aromatic heterocycles. The number of rotatable bonds is 4. The van der Waals surface area contributed by atoms with Crippen LogP contribution in [0.2, 0.25) is 0 Å². The molecule has 1 saturated carbocycles. The third-order valence-electron chi connectivity index (χ3n) is 4.60. The maximum absolute atomic E-state index is 5.47. The molecule has 0 radical (unpaired) electrons. The predicted molar refractivity (Wildman–Crippen MR) is 72.2 cm³/mol. The minimum atomic E-state index is 0.797. The van der Waals surface area contributed by atoms with E-state index < -0.39 is 0 Å². The van der Waals surface area contributed by atoms with E-state index in [2.05, 4.69) is 12.2 Å². The van der Waals surface area contributed by atoms with Crippen molar-refractivity contribution in [1.29, 1.82) is 0 Å². The zero-order chi connectivity index (χ0) is 11.9. The Labute approximate surface area is 107 Å². The molecule has 1 heterocycles. The van der Waals surface area contributed by atoms with E-state index in [0.29, 0.717) is 0 Å². The summed E-state index contributed by atoms with van der Waals surface area (Å²) >= 11 is 0. The molecule has 2 heteroatoms. The molecule has 1 N–H and O–H groups in total. The van der Waals surface area contributed by atoms with E-state index >= 15 is 0 Å². The number of ether oxygens (including phenoxy) is 1. The predicted octanol–water partition coefficient (Wildman–Crippen LogP) is 3.36. The molecule has 0 bridgehead atoms. The van der Waals surface area contributed by atoms with Crippen LogP contribution in [-0.2, 0) is 4.74 Å². The molecule has 17 heavy (non-hydrogen) atoms. The Bertz CT molecular complexity index is 201. The van der Waals surface area contributed by atoms with Crippen molar-refractivity contribution in [1.82, 2.24) is 5.32 Å². The van der Waals surface area contributed by atoms with E-state index in [9.17, 15) is 0 Å². The van der Waals surface area contributed by atoms with Crippen LogP contribution in [0, 0.1) is 11.8 Å². The second-order valence-electron chi connectivity index (χ2n) is 5.85. The molecule has 0 spiro atoms. The van der Waals surface area contributed by atoms with Gasteiger partial charge in [0.15, 0.2) is 0 Å². The van der Waals surface area contributed by atoms with Crippen LogP contribution in [0.25, 0.3) is 0 Å². The third kappa shape index (κ3) is 4.26. The van der Waals surface area contributed by atoms with Gasteiger partial charge in [-0.05, 0) is 50.5 Å². The summed E-state index contributed by atoms with van der Waals surface area (Å²) in [7, 11) is 0. The molecule has 1 saturated heterocycles. The number of hydrogen-bond donors (Lipinski definition) is 1. The first-order chi connectivity index (χ1) is 8.40. The minimum absolute atomic E-state index is 0.797. The molecule has 0 amide bonds. The van der Waals surface area contributed by atoms with Gasteiger partial charge < -0.3 is 10.1 Å². The van der Waals surface area contributed by atoms with Crippen molar-refractivity contribution in [3.63, 3.8) is 0 Å². The zero-order valence-corrected chi connectivity index (χ0v) is 11.4. The largest absolute Gasteiger partial charge is 0.381 e. The number of nitrogens with one attached hydrogen (secondary N) is 1. The van der Waals surface area contributed by atoms with E-state index in [1.807, 2.05) is 0 Å². The van der Waals surface area contributed by atoms with Gasteiger partial charge in [-0.3, -0.25) is 0 Å². The van der Waals surface area contributed by atoms with Gasteiger partial charge in [0.25, 0.3) is 0 Å². The van der Waals surface area contributed by atoms with Crippen molar-refractivity contribution in [3.05, 3.63) is 0 Å². The summed E-state index contributed by atoms with van der Waals surface area (Å²) in [5.41, 5.74) is 0. The molecular formula is C15H29NO. The zero-order valence-electron chi connectivity index (χ0n) is 11.4. The highest BCUT2D eigenvalue weighted by molar-refractivity contribution is 4.81. The molecule has 2 rings (SSSR count). The second kappa shape index (κ2) is 7.38. The normalized spacial score (nSPS) is 32.3. The highest BCUT2D eigenvalue weighted by Gasteiger charge is 2.26. The average Bonchev–Trinajstić information content (AvgIpc) is 2.57. The molecule has 0 aromatic carbocycles. The first kappa shape index (κ1) is 13.4. The van der Waals surface area contributed by atoms with Gasteiger partial charge in [-0.15, -0.1) is 0 Å². The molecule has 2 fully saturated rings. The lowest BCUT2D eigenvalue weighted by Crippen LogP contribution is -2.37. The standard InChI is InChI=1S/C15H29NO/c1-2-16-15-7-5-3-4-6-14(15)12-13-8-10-17-11-9-13/h13-16H,2-12H2,1H3. The molecule has 2 unspecified atom stereocenters. The summed E-state index contributed by atoms with van der Waals surface area (Å²) in [6.45, 7) is 5.39. The monoisotopic (exact) mass is 239 g/mol. The van der Waals surface area contributed by atoms with Crippen molar-refractivity contribution in [2.45, 2.75) is 64.3 Å². The van der Waals surface area contributed by atoms with Crippen LogP contribution in [0.15, 0.2) is 0 Å². The van der Waals surface area contributed by atoms with Gasteiger partial charge >= 0.3 is 0 Å². The molecule has 100 valence electrons. The maximum atomic E-state index is 5.47. The summed E-state index contributed by atoms with van der Waals surface area (Å²) in [4.78, 5) is 0. The summed E-state index contributed by atoms with van der Waals surface area (Å²) in [6.07, 6.45) is 11.2. The van der Waals surface area contributed by atoms with E-state index in [0.717, 1.165) is 37.6 Å². The Balaban J connectivity index is 1.84. The molecule has 2 atom stereocenters. The van der Waals surface area contributed by atoms with Crippen LogP contribution in [0.4, 0.5) is 0 Å². The Kier molecular flexibility index (Phi) is 5.79. The van der Waals surface area contributed by atoms with Crippen LogP contribution in [0.3, 0.4) is 0 Å². The van der Waals surface area contributed by atoms with E-state index in [-0.39, 0.29) is 0 Å². The van der Waals surface area contributed by atoms with Crippen LogP contribution >= 0.6 is 0 Å². The molecular weight excluding hydrogens is 210 g/mol. The van der Waals surface area contributed by atoms with Gasteiger partial charge in [0.2, 0.25) is 0 Å². The van der Waals surface area contributed by atoms with Gasteiger partial charge in [0.05, 0.1) is 0 Å². The van der Waals surface area contributed by atoms with Crippen LogP contribution in [0.1, 0.15) is 58.3 Å². The third-order valence-corrected chi connectivity index (χ3v) is 4.60. The fourth-order valence-electron chi connectivity index (χ4n) is 3.61. The molecule has 1 aliphatic carbocycles. The summed E-state index contributed by atoms with van der Waals surface area (Å²) < 4.78 is 5.47. The topological polar surface area (TPSA) is 21.3 Å². The van der Waals surface area contributed by atoms with Crippen molar-refractivity contribution in [2.75, 3.05) is 19.8 Å². The molecule has 2 nitrogen and oxygen atoms in total. The number of hydrogen-bond acceptors (Lipinski definition) is 2. The summed E-state index contributed by atoms with van der Waals surface area (Å²) in [5.74, 6) is 1.87. The van der Waals surface area contributed by atoms with Crippen LogP contribution in [0.5, 0.6) is 0 Å². The van der Waals surface area contributed by atoms with Gasteiger partial charge in [-0.1, -0.05) is 26.2 Å². The highest BCUT2D eigenvalue weighted by Crippen LogP contribution is 2.32. The fourth-order valence-corrected chi connectivity index (χ4v) is 3.61. The van der Waals surface area contributed by atoms with E-state index in [1.54, 1.807) is 0 Å². The fraction of sp³-hybridized carbons (Fsp3) is 1.00. The summed E-state index contributed by atoms with van der Waals surface area (Å²) in [6, 6.07) is 0.797. The van der Waals surface area contributed by atoms with Crippen molar-refractivity contribution in [3.8, 4) is 0 Å². The Morgan fingerprint density at radius 3 is 2.53 bits per heavy atom. The SMILES string of the molecule is CCNC1CCCCCC1CC1CCOCC1. The Morgan fingerprint density at radius 1 is 1.00 bits per heavy atom. The van der Waals surface area contributed by atoms with Gasteiger partial charge in [0, 0.05) is 19.3 Å². The Morgan fingerprint density at radius 2 is 1.76 bits per heavy atom. The van der Waals surface area contributed by atoms with Crippen molar-refractivity contribution >= 4 is 0 Å². The second-order valence-corrected chi connectivity index (χ2v) is 5.85.